The number of rotatable bonds is 1. The van der Waals surface area contributed by atoms with Crippen LogP contribution in [0.4, 0.5) is 0 Å². The first-order valence-electron chi connectivity index (χ1n) is 3.32. The monoisotopic (exact) mass is 133 g/mol. The van der Waals surface area contributed by atoms with Crippen LogP contribution in [-0.2, 0) is 0 Å². The van der Waals surface area contributed by atoms with Crippen molar-refractivity contribution in [2.24, 2.45) is 0 Å². The highest BCUT2D eigenvalue weighted by atomic mass is 14.4. The van der Waals surface area contributed by atoms with Gasteiger partial charge in [0.2, 0.25) is 0 Å². The largest absolute Gasteiger partial charge is 0.305 e. The van der Waals surface area contributed by atoms with Gasteiger partial charge < -0.3 is 5.41 Å². The Labute approximate surface area is 61.2 Å². The number of aryl methyl sites for hydroxylation is 1. The summed E-state index contributed by atoms with van der Waals surface area (Å²) in [6.45, 7) is 3.83. The maximum absolute atomic E-state index is 7.33. The molecule has 0 unspecified atom stereocenters. The van der Waals surface area contributed by atoms with Crippen molar-refractivity contribution in [3.8, 4) is 0 Å². The van der Waals surface area contributed by atoms with Crippen molar-refractivity contribution in [2.75, 3.05) is 0 Å². The number of hydrogen-bond donors (Lipinski definition) is 1. The van der Waals surface area contributed by atoms with Gasteiger partial charge >= 0.3 is 0 Å². The third-order valence-corrected chi connectivity index (χ3v) is 1.45. The predicted molar refractivity (Wildman–Crippen MR) is 43.7 cm³/mol. The lowest BCUT2D eigenvalue weighted by molar-refractivity contribution is 1.41. The molecule has 0 fully saturated rings. The first kappa shape index (κ1) is 7.00. The van der Waals surface area contributed by atoms with Gasteiger partial charge in [-0.2, -0.15) is 0 Å². The summed E-state index contributed by atoms with van der Waals surface area (Å²) < 4.78 is 0. The van der Waals surface area contributed by atoms with Crippen LogP contribution in [0.1, 0.15) is 18.1 Å². The fraction of sp³-hybridized carbons (Fsp3) is 0.222. The van der Waals surface area contributed by atoms with Crippen molar-refractivity contribution in [1.29, 1.82) is 5.41 Å². The van der Waals surface area contributed by atoms with Crippen molar-refractivity contribution < 1.29 is 0 Å². The molecule has 0 radical (unpaired) electrons. The van der Waals surface area contributed by atoms with Crippen molar-refractivity contribution in [2.45, 2.75) is 13.8 Å². The van der Waals surface area contributed by atoms with Gasteiger partial charge in [0.25, 0.3) is 0 Å². The quantitative estimate of drug-likeness (QED) is 0.569. The molecule has 0 amide bonds. The Kier molecular flexibility index (Phi) is 1.86. The maximum atomic E-state index is 7.33. The van der Waals surface area contributed by atoms with Gasteiger partial charge in [-0.3, -0.25) is 0 Å². The molecule has 0 spiro atoms. The minimum atomic E-state index is 0.628. The molecule has 0 aliphatic heterocycles. The first-order chi connectivity index (χ1) is 4.70. The molecular weight excluding hydrogens is 122 g/mol. The molecule has 0 aromatic heterocycles. The maximum Gasteiger partial charge on any atom is 0.0355 e. The zero-order chi connectivity index (χ0) is 7.56. The summed E-state index contributed by atoms with van der Waals surface area (Å²) in [5, 5.41) is 7.33. The van der Waals surface area contributed by atoms with Crippen molar-refractivity contribution in [3.63, 3.8) is 0 Å². The highest BCUT2D eigenvalue weighted by Gasteiger charge is 1.92. The molecule has 1 nitrogen and oxygen atoms in total. The lowest BCUT2D eigenvalue weighted by Gasteiger charge is -1.97. The van der Waals surface area contributed by atoms with E-state index in [1.165, 1.54) is 5.56 Å². The summed E-state index contributed by atoms with van der Waals surface area (Å²) in [5.41, 5.74) is 2.85. The molecule has 0 saturated carbocycles. The van der Waals surface area contributed by atoms with Gasteiger partial charge in [0.05, 0.1) is 0 Å². The normalized spacial score (nSPS) is 9.40. The summed E-state index contributed by atoms with van der Waals surface area (Å²) in [6.07, 6.45) is 0. The van der Waals surface area contributed by atoms with Crippen LogP contribution in [0.15, 0.2) is 24.3 Å². The molecule has 0 atom stereocenters. The van der Waals surface area contributed by atoms with Crippen LogP contribution in [0.3, 0.4) is 0 Å². The Balaban J connectivity index is 3.07. The molecule has 1 rings (SSSR count). The van der Waals surface area contributed by atoms with E-state index in [9.17, 15) is 0 Å². The molecule has 1 aromatic rings. The van der Waals surface area contributed by atoms with Crippen LogP contribution in [0.25, 0.3) is 0 Å². The Morgan fingerprint density at radius 2 is 2.10 bits per heavy atom. The summed E-state index contributed by atoms with van der Waals surface area (Å²) >= 11 is 0. The van der Waals surface area contributed by atoms with Gasteiger partial charge in [-0.25, -0.2) is 0 Å². The van der Waals surface area contributed by atoms with Gasteiger partial charge in [0.15, 0.2) is 0 Å². The minimum Gasteiger partial charge on any atom is -0.305 e. The third kappa shape index (κ3) is 1.44. The lowest BCUT2D eigenvalue weighted by Crippen LogP contribution is -1.90. The Morgan fingerprint density at radius 3 is 2.50 bits per heavy atom. The SMILES string of the molecule is CC(=N)c1cccc(C)c1. The van der Waals surface area contributed by atoms with E-state index in [-0.39, 0.29) is 0 Å². The van der Waals surface area contributed by atoms with Gasteiger partial charge in [0.1, 0.15) is 0 Å². The summed E-state index contributed by atoms with van der Waals surface area (Å²) in [4.78, 5) is 0. The summed E-state index contributed by atoms with van der Waals surface area (Å²) in [5.74, 6) is 0. The Morgan fingerprint density at radius 1 is 1.40 bits per heavy atom. The molecule has 1 aromatic carbocycles. The zero-order valence-corrected chi connectivity index (χ0v) is 6.31. The Hall–Kier alpha value is -1.11. The second kappa shape index (κ2) is 2.65. The van der Waals surface area contributed by atoms with E-state index in [1.54, 1.807) is 6.92 Å². The van der Waals surface area contributed by atoms with Crippen molar-refractivity contribution in [3.05, 3.63) is 35.4 Å². The van der Waals surface area contributed by atoms with Gasteiger partial charge in [-0.05, 0) is 19.4 Å². The molecule has 10 heavy (non-hydrogen) atoms. The van der Waals surface area contributed by atoms with Crippen molar-refractivity contribution in [1.82, 2.24) is 0 Å². The number of nitrogens with one attached hydrogen (secondary N) is 1. The summed E-state index contributed by atoms with van der Waals surface area (Å²) in [6, 6.07) is 7.98. The van der Waals surface area contributed by atoms with Crippen LogP contribution < -0.4 is 0 Å². The molecule has 0 bridgehead atoms. The number of hydrogen-bond acceptors (Lipinski definition) is 1. The zero-order valence-electron chi connectivity index (χ0n) is 6.31. The first-order valence-corrected chi connectivity index (χ1v) is 3.32. The average molecular weight is 133 g/mol. The van der Waals surface area contributed by atoms with E-state index >= 15 is 0 Å². The predicted octanol–water partition coefficient (Wildman–Crippen LogP) is 2.38. The third-order valence-electron chi connectivity index (χ3n) is 1.45. The second-order valence-electron chi connectivity index (χ2n) is 2.49. The molecular formula is C9H11N. The van der Waals surface area contributed by atoms with Crippen LogP contribution >= 0.6 is 0 Å². The fourth-order valence-corrected chi connectivity index (χ4v) is 0.878. The molecule has 52 valence electrons. The van der Waals surface area contributed by atoms with E-state index in [0.29, 0.717) is 5.71 Å². The standard InChI is InChI=1S/C9H11N/c1-7-4-3-5-9(6-7)8(2)10/h3-6,10H,1-2H3. The topological polar surface area (TPSA) is 23.9 Å². The van der Waals surface area contributed by atoms with Crippen LogP contribution in [0, 0.1) is 12.3 Å². The highest BCUT2D eigenvalue weighted by molar-refractivity contribution is 5.96. The molecule has 0 saturated heterocycles. The molecule has 1 N–H and O–H groups in total. The van der Waals surface area contributed by atoms with Crippen LogP contribution in [0.5, 0.6) is 0 Å². The van der Waals surface area contributed by atoms with Gasteiger partial charge in [-0.15, -0.1) is 0 Å². The Bertz CT molecular complexity index is 251. The van der Waals surface area contributed by atoms with E-state index in [2.05, 4.69) is 0 Å². The second-order valence-corrected chi connectivity index (χ2v) is 2.49. The van der Waals surface area contributed by atoms with E-state index in [4.69, 9.17) is 5.41 Å². The van der Waals surface area contributed by atoms with Crippen LogP contribution in [0.2, 0.25) is 0 Å². The van der Waals surface area contributed by atoms with E-state index in [0.717, 1.165) is 5.56 Å². The average Bonchev–Trinajstić information content (AvgIpc) is 1.88. The van der Waals surface area contributed by atoms with Gasteiger partial charge in [-0.1, -0.05) is 29.8 Å². The molecule has 0 heterocycles. The van der Waals surface area contributed by atoms with E-state index in [1.807, 2.05) is 31.2 Å². The van der Waals surface area contributed by atoms with Crippen LogP contribution in [-0.4, -0.2) is 5.71 Å². The molecule has 1 heteroatoms. The fourth-order valence-electron chi connectivity index (χ4n) is 0.878. The number of benzene rings is 1. The molecule has 0 aliphatic carbocycles. The highest BCUT2D eigenvalue weighted by Crippen LogP contribution is 2.03. The lowest BCUT2D eigenvalue weighted by atomic mass is 10.1. The molecule has 0 aliphatic rings. The van der Waals surface area contributed by atoms with E-state index < -0.39 is 0 Å². The smallest absolute Gasteiger partial charge is 0.0355 e. The minimum absolute atomic E-state index is 0.628. The van der Waals surface area contributed by atoms with Gasteiger partial charge in [0, 0.05) is 5.71 Å². The van der Waals surface area contributed by atoms with Crippen molar-refractivity contribution >= 4 is 5.71 Å². The summed E-state index contributed by atoms with van der Waals surface area (Å²) in [7, 11) is 0.